The van der Waals surface area contributed by atoms with Gasteiger partial charge in [-0.2, -0.15) is 5.10 Å². The lowest BCUT2D eigenvalue weighted by Crippen LogP contribution is -2.17. The van der Waals surface area contributed by atoms with Crippen molar-refractivity contribution >= 4 is 35.1 Å². The number of non-ortho nitro benzene ring substituents is 1. The molecule has 0 fully saturated rings. The minimum Gasteiger partial charge on any atom is -0.502 e. The molecule has 0 atom stereocenters. The van der Waals surface area contributed by atoms with E-state index in [4.69, 9.17) is 11.6 Å². The molecule has 128 valence electrons. The molecular formula is C14H9ClN4O6. The molecule has 0 saturated carbocycles. The topological polar surface area (TPSA) is 148 Å². The van der Waals surface area contributed by atoms with E-state index in [2.05, 4.69) is 10.5 Å². The molecular weight excluding hydrogens is 356 g/mol. The van der Waals surface area contributed by atoms with Crippen molar-refractivity contribution in [2.45, 2.75) is 0 Å². The number of aromatic hydroxyl groups is 1. The molecule has 2 aromatic rings. The van der Waals surface area contributed by atoms with Gasteiger partial charge in [0.15, 0.2) is 0 Å². The monoisotopic (exact) mass is 364 g/mol. The SMILES string of the molecule is O=C(N/N=C/c1cc(Cl)cc([N+](=O)[O-])c1O)c1ccc([N+](=O)[O-])cc1. The number of nitro benzene ring substituents is 2. The molecule has 0 aliphatic rings. The summed E-state index contributed by atoms with van der Waals surface area (Å²) in [6, 6.07) is 7.00. The molecule has 0 aromatic heterocycles. The maximum absolute atomic E-state index is 11.9. The fourth-order valence-electron chi connectivity index (χ4n) is 1.80. The molecule has 10 nitrogen and oxygen atoms in total. The molecule has 2 aromatic carbocycles. The first-order valence-electron chi connectivity index (χ1n) is 6.54. The molecule has 0 aliphatic carbocycles. The van der Waals surface area contributed by atoms with Crippen molar-refractivity contribution in [3.05, 3.63) is 72.8 Å². The maximum Gasteiger partial charge on any atom is 0.312 e. The Morgan fingerprint density at radius 2 is 1.80 bits per heavy atom. The van der Waals surface area contributed by atoms with E-state index >= 15 is 0 Å². The van der Waals surface area contributed by atoms with Gasteiger partial charge in [-0.1, -0.05) is 11.6 Å². The maximum atomic E-state index is 11.9. The molecule has 0 heterocycles. The highest BCUT2D eigenvalue weighted by Crippen LogP contribution is 2.32. The Bertz CT molecular complexity index is 882. The normalized spacial score (nSPS) is 10.6. The Hall–Kier alpha value is -3.53. The number of hydrogen-bond donors (Lipinski definition) is 2. The van der Waals surface area contributed by atoms with Crippen molar-refractivity contribution in [3.63, 3.8) is 0 Å². The molecule has 0 saturated heterocycles. The summed E-state index contributed by atoms with van der Waals surface area (Å²) in [6.45, 7) is 0. The van der Waals surface area contributed by atoms with Gasteiger partial charge in [-0.05, 0) is 18.2 Å². The number of halogens is 1. The molecule has 2 rings (SSSR count). The van der Waals surface area contributed by atoms with Gasteiger partial charge in [0.25, 0.3) is 11.6 Å². The highest BCUT2D eigenvalue weighted by Gasteiger charge is 2.17. The van der Waals surface area contributed by atoms with Crippen LogP contribution in [0.4, 0.5) is 11.4 Å². The van der Waals surface area contributed by atoms with Gasteiger partial charge in [0.05, 0.1) is 16.1 Å². The van der Waals surface area contributed by atoms with Crippen LogP contribution in [-0.2, 0) is 0 Å². The third-order valence-corrected chi connectivity index (χ3v) is 3.21. The third-order valence-electron chi connectivity index (χ3n) is 2.99. The van der Waals surface area contributed by atoms with Gasteiger partial charge in [-0.15, -0.1) is 0 Å². The van der Waals surface area contributed by atoms with E-state index in [-0.39, 0.29) is 21.8 Å². The summed E-state index contributed by atoms with van der Waals surface area (Å²) in [5.41, 5.74) is 1.41. The van der Waals surface area contributed by atoms with Crippen molar-refractivity contribution in [2.75, 3.05) is 0 Å². The van der Waals surface area contributed by atoms with Crippen LogP contribution in [0.25, 0.3) is 0 Å². The number of rotatable bonds is 5. The number of nitro groups is 2. The summed E-state index contributed by atoms with van der Waals surface area (Å²) >= 11 is 5.72. The predicted molar refractivity (Wildman–Crippen MR) is 87.9 cm³/mol. The lowest BCUT2D eigenvalue weighted by Gasteiger charge is -2.02. The van der Waals surface area contributed by atoms with E-state index in [1.807, 2.05) is 0 Å². The summed E-state index contributed by atoms with van der Waals surface area (Å²) in [6.07, 6.45) is 0.984. The van der Waals surface area contributed by atoms with Gasteiger partial charge in [0, 0.05) is 34.3 Å². The van der Waals surface area contributed by atoms with Crippen LogP contribution in [-0.4, -0.2) is 27.1 Å². The number of phenols is 1. The van der Waals surface area contributed by atoms with E-state index in [0.717, 1.165) is 24.4 Å². The predicted octanol–water partition coefficient (Wildman–Crippen LogP) is 2.63. The van der Waals surface area contributed by atoms with Crippen LogP contribution in [0.15, 0.2) is 41.5 Å². The second-order valence-electron chi connectivity index (χ2n) is 4.62. The second-order valence-corrected chi connectivity index (χ2v) is 5.06. The highest BCUT2D eigenvalue weighted by atomic mass is 35.5. The van der Waals surface area contributed by atoms with E-state index in [1.54, 1.807) is 0 Å². The Balaban J connectivity index is 2.14. The van der Waals surface area contributed by atoms with Gasteiger partial charge in [0.2, 0.25) is 5.75 Å². The van der Waals surface area contributed by atoms with Crippen molar-refractivity contribution in [1.82, 2.24) is 5.43 Å². The second kappa shape index (κ2) is 7.36. The van der Waals surface area contributed by atoms with Crippen molar-refractivity contribution in [3.8, 4) is 5.75 Å². The molecule has 25 heavy (non-hydrogen) atoms. The number of nitrogens with zero attached hydrogens (tertiary/aromatic N) is 3. The van der Waals surface area contributed by atoms with Crippen LogP contribution in [0.1, 0.15) is 15.9 Å². The van der Waals surface area contributed by atoms with Gasteiger partial charge >= 0.3 is 5.69 Å². The fraction of sp³-hybridized carbons (Fsp3) is 0. The molecule has 0 bridgehead atoms. The van der Waals surface area contributed by atoms with Gasteiger partial charge in [0.1, 0.15) is 0 Å². The number of carbonyl (C=O) groups excluding carboxylic acids is 1. The third kappa shape index (κ3) is 4.26. The number of hydrogen-bond acceptors (Lipinski definition) is 7. The summed E-state index contributed by atoms with van der Waals surface area (Å²) in [5, 5.41) is 34.7. The van der Waals surface area contributed by atoms with Gasteiger partial charge < -0.3 is 5.11 Å². The van der Waals surface area contributed by atoms with Crippen LogP contribution in [0.5, 0.6) is 5.75 Å². The quantitative estimate of drug-likeness (QED) is 0.473. The lowest BCUT2D eigenvalue weighted by atomic mass is 10.2. The molecule has 11 heteroatoms. The summed E-state index contributed by atoms with van der Waals surface area (Å²) in [5.74, 6) is -1.31. The average Bonchev–Trinajstić information content (AvgIpc) is 2.57. The molecule has 0 radical (unpaired) electrons. The zero-order valence-electron chi connectivity index (χ0n) is 12.2. The zero-order valence-corrected chi connectivity index (χ0v) is 13.0. The van der Waals surface area contributed by atoms with Crippen molar-refractivity contribution < 1.29 is 19.7 Å². The molecule has 0 spiro atoms. The van der Waals surface area contributed by atoms with E-state index in [1.165, 1.54) is 18.2 Å². The smallest absolute Gasteiger partial charge is 0.312 e. The van der Waals surface area contributed by atoms with Crippen LogP contribution in [0, 0.1) is 20.2 Å². The molecule has 0 aliphatic heterocycles. The average molecular weight is 365 g/mol. The minimum atomic E-state index is -0.811. The number of hydrazone groups is 1. The first-order valence-corrected chi connectivity index (χ1v) is 6.92. The Morgan fingerprint density at radius 1 is 1.16 bits per heavy atom. The van der Waals surface area contributed by atoms with Crippen LogP contribution < -0.4 is 5.43 Å². The standard InChI is InChI=1S/C14H9ClN4O6/c15-10-5-9(13(20)12(6-10)19(24)25)7-16-17-14(21)8-1-3-11(4-2-8)18(22)23/h1-7,20H,(H,17,21)/b16-7+. The number of phenolic OH excluding ortho intramolecular Hbond substituents is 1. The summed E-state index contributed by atoms with van der Waals surface area (Å²) in [4.78, 5) is 31.8. The van der Waals surface area contributed by atoms with E-state index in [9.17, 15) is 30.1 Å². The highest BCUT2D eigenvalue weighted by molar-refractivity contribution is 6.31. The van der Waals surface area contributed by atoms with E-state index < -0.39 is 27.2 Å². The number of amides is 1. The molecule has 2 N–H and O–H groups in total. The largest absolute Gasteiger partial charge is 0.502 e. The fourth-order valence-corrected chi connectivity index (χ4v) is 2.02. The Kier molecular flexibility index (Phi) is 5.25. The molecule has 1 amide bonds. The van der Waals surface area contributed by atoms with Crippen molar-refractivity contribution in [1.29, 1.82) is 0 Å². The zero-order chi connectivity index (χ0) is 18.6. The van der Waals surface area contributed by atoms with Crippen molar-refractivity contribution in [2.24, 2.45) is 5.10 Å². The lowest BCUT2D eigenvalue weighted by molar-refractivity contribution is -0.385. The van der Waals surface area contributed by atoms with Crippen LogP contribution in [0.2, 0.25) is 5.02 Å². The first kappa shape index (κ1) is 17.8. The van der Waals surface area contributed by atoms with Crippen LogP contribution in [0.3, 0.4) is 0 Å². The summed E-state index contributed by atoms with van der Waals surface area (Å²) < 4.78 is 0. The molecule has 0 unspecified atom stereocenters. The van der Waals surface area contributed by atoms with E-state index in [0.29, 0.717) is 0 Å². The minimum absolute atomic E-state index is 0.00708. The number of carbonyl (C=O) groups is 1. The Labute approximate surface area is 144 Å². The number of nitrogens with one attached hydrogen (secondary N) is 1. The Morgan fingerprint density at radius 3 is 2.36 bits per heavy atom. The van der Waals surface area contributed by atoms with Gasteiger partial charge in [-0.3, -0.25) is 25.0 Å². The first-order chi connectivity index (χ1) is 11.8. The van der Waals surface area contributed by atoms with Gasteiger partial charge in [-0.25, -0.2) is 5.43 Å². The summed E-state index contributed by atoms with van der Waals surface area (Å²) in [7, 11) is 0. The number of benzene rings is 2. The van der Waals surface area contributed by atoms with Crippen LogP contribution >= 0.6 is 11.6 Å².